The summed E-state index contributed by atoms with van der Waals surface area (Å²) in [5.41, 5.74) is 1.80. The maximum Gasteiger partial charge on any atom is 0.180 e. The van der Waals surface area contributed by atoms with Gasteiger partial charge in [-0.15, -0.1) is 0 Å². The molecule has 1 unspecified atom stereocenters. The third-order valence-electron chi connectivity index (χ3n) is 5.03. The molecule has 0 saturated heterocycles. The van der Waals surface area contributed by atoms with E-state index in [1.165, 1.54) is 0 Å². The van der Waals surface area contributed by atoms with Crippen molar-refractivity contribution in [3.8, 4) is 6.07 Å². The lowest BCUT2D eigenvalue weighted by Gasteiger charge is -2.29. The second-order valence-electron chi connectivity index (χ2n) is 9.53. The highest BCUT2D eigenvalue weighted by atomic mass is 19.1. The van der Waals surface area contributed by atoms with E-state index in [9.17, 15) is 9.65 Å². The van der Waals surface area contributed by atoms with E-state index in [1.807, 2.05) is 66.7 Å². The second-order valence-corrected chi connectivity index (χ2v) is 9.53. The number of likely N-dealkylation sites (N-methyl/N-ethyl adjacent to an activating group) is 1. The molecule has 1 heterocycles. The quantitative estimate of drug-likeness (QED) is 0.129. The predicted octanol–water partition coefficient (Wildman–Crippen LogP) is 6.04. The molecule has 0 amide bonds. The largest absolute Gasteiger partial charge is 0.474 e. The van der Waals surface area contributed by atoms with E-state index in [-0.39, 0.29) is 29.3 Å². The Morgan fingerprint density at radius 3 is 2.43 bits per heavy atom. The topological polar surface area (TPSA) is 97.6 Å². The molecule has 1 aromatic rings. The van der Waals surface area contributed by atoms with E-state index in [1.54, 1.807) is 24.3 Å². The van der Waals surface area contributed by atoms with Gasteiger partial charge in [-0.05, 0) is 78.8 Å². The van der Waals surface area contributed by atoms with Gasteiger partial charge in [0.2, 0.25) is 0 Å². The average molecular weight is 510 g/mol. The molecule has 0 aliphatic heterocycles. The smallest absolute Gasteiger partial charge is 0.180 e. The number of rotatable bonds is 13. The van der Waals surface area contributed by atoms with Crippen molar-refractivity contribution in [2.24, 2.45) is 5.10 Å². The van der Waals surface area contributed by atoms with Gasteiger partial charge < -0.3 is 20.7 Å². The van der Waals surface area contributed by atoms with Gasteiger partial charge in [-0.2, -0.15) is 10.4 Å². The highest BCUT2D eigenvalue weighted by Crippen LogP contribution is 2.24. The number of pyridine rings is 1. The molecule has 0 spiro atoms. The summed E-state index contributed by atoms with van der Waals surface area (Å²) in [7, 11) is 1.78. The van der Waals surface area contributed by atoms with E-state index in [2.05, 4.69) is 45.8 Å². The molecule has 0 aliphatic rings. The zero-order chi connectivity index (χ0) is 28.3. The minimum atomic E-state index is -0.635. The van der Waals surface area contributed by atoms with Gasteiger partial charge in [0.25, 0.3) is 0 Å². The summed E-state index contributed by atoms with van der Waals surface area (Å²) in [5, 5.41) is 24.9. The van der Waals surface area contributed by atoms with Crippen molar-refractivity contribution in [2.45, 2.75) is 66.2 Å². The highest BCUT2D eigenvalue weighted by molar-refractivity contribution is 5.70. The van der Waals surface area contributed by atoms with Crippen molar-refractivity contribution in [1.82, 2.24) is 15.3 Å². The first-order valence-corrected chi connectivity index (χ1v) is 11.9. The van der Waals surface area contributed by atoms with E-state index in [0.717, 1.165) is 17.3 Å². The molecule has 3 N–H and O–H groups in total. The van der Waals surface area contributed by atoms with Gasteiger partial charge in [-0.1, -0.05) is 19.2 Å². The van der Waals surface area contributed by atoms with Crippen molar-refractivity contribution in [1.29, 1.82) is 5.26 Å². The minimum absolute atomic E-state index is 0.0114. The summed E-state index contributed by atoms with van der Waals surface area (Å²) in [4.78, 5) is 4.39. The van der Waals surface area contributed by atoms with E-state index in [4.69, 9.17) is 4.74 Å². The third-order valence-corrected chi connectivity index (χ3v) is 5.03. The molecule has 1 rings (SSSR count). The molecule has 2 atom stereocenters. The van der Waals surface area contributed by atoms with Crippen LogP contribution in [-0.2, 0) is 4.74 Å². The number of hydrazone groups is 1. The van der Waals surface area contributed by atoms with Gasteiger partial charge in [-0.3, -0.25) is 5.01 Å². The Morgan fingerprint density at radius 1 is 1.27 bits per heavy atom. The predicted molar refractivity (Wildman–Crippen MR) is 151 cm³/mol. The number of halogens is 1. The third kappa shape index (κ3) is 10.2. The summed E-state index contributed by atoms with van der Waals surface area (Å²) >= 11 is 0. The van der Waals surface area contributed by atoms with Crippen LogP contribution in [-0.4, -0.2) is 40.9 Å². The number of nitrogens with one attached hydrogen (secondary N) is 3. The van der Waals surface area contributed by atoms with Gasteiger partial charge in [0.05, 0.1) is 11.3 Å². The van der Waals surface area contributed by atoms with Gasteiger partial charge in [0.15, 0.2) is 23.3 Å². The van der Waals surface area contributed by atoms with Gasteiger partial charge >= 0.3 is 0 Å². The zero-order valence-electron chi connectivity index (χ0n) is 23.2. The zero-order valence-corrected chi connectivity index (χ0v) is 23.2. The second kappa shape index (κ2) is 13.9. The van der Waals surface area contributed by atoms with Crippen molar-refractivity contribution in [2.75, 3.05) is 17.7 Å². The molecular weight excluding hydrogens is 469 g/mol. The number of allylic oxidation sites excluding steroid dienone is 4. The summed E-state index contributed by atoms with van der Waals surface area (Å²) in [6.07, 6.45) is 6.76. The number of hydrogen-bond donors (Lipinski definition) is 3. The van der Waals surface area contributed by atoms with Crippen molar-refractivity contribution in [3.63, 3.8) is 0 Å². The van der Waals surface area contributed by atoms with E-state index < -0.39 is 11.4 Å². The SMILES string of the molecule is C=C/C=N\N(C)/C(=C/C(=C\C)Nc1nc(NC(C)[C@H](C)NC(=C)OC(C)(C)C)c(F)cc1C#N)C(=C)C. The van der Waals surface area contributed by atoms with Crippen LogP contribution in [0.5, 0.6) is 0 Å². The highest BCUT2D eigenvalue weighted by Gasteiger charge is 2.20. The lowest BCUT2D eigenvalue weighted by molar-refractivity contribution is 0.0385. The maximum atomic E-state index is 14.9. The number of nitriles is 1. The monoisotopic (exact) mass is 509 g/mol. The standard InChI is InChI=1S/C28H40FN7O/c1-12-14-31-36(11)25(18(3)4)16-23(13-2)34-26-22(17-30)15-24(29)27(35-26)33-20(6)19(5)32-21(7)37-28(8,9)10/h12-16,19-20,32H,1,3,7H2,2,4-6,8-11H3,(H2,33,34,35)/b23-13+,25-16+,31-14-/t19-,20?/m0/s1. The van der Waals surface area contributed by atoms with Crippen molar-refractivity contribution in [3.05, 3.63) is 78.3 Å². The van der Waals surface area contributed by atoms with Gasteiger partial charge in [0.1, 0.15) is 11.7 Å². The molecule has 200 valence electrons. The molecule has 37 heavy (non-hydrogen) atoms. The molecule has 1 aromatic heterocycles. The molecular formula is C28H40FN7O. The Labute approximate surface area is 221 Å². The van der Waals surface area contributed by atoms with Crippen LogP contribution in [0.3, 0.4) is 0 Å². The molecule has 9 heteroatoms. The van der Waals surface area contributed by atoms with Crippen LogP contribution < -0.4 is 16.0 Å². The molecule has 0 bridgehead atoms. The van der Waals surface area contributed by atoms with Crippen LogP contribution in [0, 0.1) is 17.1 Å². The van der Waals surface area contributed by atoms with Crippen LogP contribution in [0.15, 0.2) is 72.0 Å². The Morgan fingerprint density at radius 2 is 1.92 bits per heavy atom. The first-order valence-electron chi connectivity index (χ1n) is 11.9. The van der Waals surface area contributed by atoms with Crippen LogP contribution in [0.25, 0.3) is 0 Å². The number of aromatic nitrogens is 1. The Kier molecular flexibility index (Phi) is 11.6. The average Bonchev–Trinajstić information content (AvgIpc) is 2.79. The summed E-state index contributed by atoms with van der Waals surface area (Å²) in [5.74, 6) is 0.00806. The fourth-order valence-electron chi connectivity index (χ4n) is 3.07. The van der Waals surface area contributed by atoms with Crippen LogP contribution in [0.1, 0.15) is 54.0 Å². The van der Waals surface area contributed by atoms with Gasteiger partial charge in [0, 0.05) is 31.0 Å². The molecule has 0 aromatic carbocycles. The first-order chi connectivity index (χ1) is 17.2. The molecule has 0 aliphatic carbocycles. The van der Waals surface area contributed by atoms with Crippen LogP contribution in [0.4, 0.5) is 16.0 Å². The van der Waals surface area contributed by atoms with Gasteiger partial charge in [-0.25, -0.2) is 9.37 Å². The lowest BCUT2D eigenvalue weighted by atomic mass is 10.1. The fraction of sp³-hybridized carbons (Fsp3) is 0.393. The summed E-state index contributed by atoms with van der Waals surface area (Å²) < 4.78 is 20.6. The fourth-order valence-corrected chi connectivity index (χ4v) is 3.07. The van der Waals surface area contributed by atoms with E-state index >= 15 is 0 Å². The van der Waals surface area contributed by atoms with Crippen LogP contribution >= 0.6 is 0 Å². The molecule has 8 nitrogen and oxygen atoms in total. The van der Waals surface area contributed by atoms with Crippen molar-refractivity contribution < 1.29 is 9.13 Å². The minimum Gasteiger partial charge on any atom is -0.474 e. The molecule has 0 fully saturated rings. The first kappa shape index (κ1) is 31.0. The Balaban J connectivity index is 3.22. The summed E-state index contributed by atoms with van der Waals surface area (Å²) in [6, 6.07) is 2.74. The molecule has 0 radical (unpaired) electrons. The number of ether oxygens (including phenoxy) is 1. The lowest BCUT2D eigenvalue weighted by Crippen LogP contribution is -2.41. The maximum absolute atomic E-state index is 14.9. The Bertz CT molecular complexity index is 1120. The van der Waals surface area contributed by atoms with Crippen molar-refractivity contribution >= 4 is 17.9 Å². The molecule has 0 saturated carbocycles. The van der Waals surface area contributed by atoms with E-state index in [0.29, 0.717) is 11.6 Å². The van der Waals surface area contributed by atoms with Crippen LogP contribution in [0.2, 0.25) is 0 Å². The number of hydrogen-bond acceptors (Lipinski definition) is 8. The number of anilines is 2. The summed E-state index contributed by atoms with van der Waals surface area (Å²) in [6.45, 7) is 24.8. The Hall–Kier alpha value is -4.06. The normalized spacial score (nSPS) is 13.8. The number of nitrogens with zero attached hydrogens (tertiary/aromatic N) is 4.